The Hall–Kier alpha value is -0.940. The second-order valence-corrected chi connectivity index (χ2v) is 6.56. The first-order valence-corrected chi connectivity index (χ1v) is 7.73. The summed E-state index contributed by atoms with van der Waals surface area (Å²) < 4.78 is 0. The molecule has 1 amide bonds. The van der Waals surface area contributed by atoms with Crippen molar-refractivity contribution in [2.24, 2.45) is 0 Å². The van der Waals surface area contributed by atoms with Crippen molar-refractivity contribution in [3.8, 4) is 0 Å². The van der Waals surface area contributed by atoms with E-state index in [4.69, 9.17) is 0 Å². The average Bonchev–Trinajstić information content (AvgIpc) is 2.76. The number of hydrogen-bond acceptors (Lipinski definition) is 4. The maximum absolute atomic E-state index is 12.5. The first-order chi connectivity index (χ1) is 9.02. The molecule has 0 bridgehead atoms. The zero-order chi connectivity index (χ0) is 14.0. The van der Waals surface area contributed by atoms with Gasteiger partial charge in [0, 0.05) is 19.1 Å². The van der Waals surface area contributed by atoms with Crippen LogP contribution in [0.25, 0.3) is 0 Å². The largest absolute Gasteiger partial charge is 0.338 e. The Kier molecular flexibility index (Phi) is 4.58. The summed E-state index contributed by atoms with van der Waals surface area (Å²) in [4.78, 5) is 19.6. The van der Waals surface area contributed by atoms with Gasteiger partial charge in [0.05, 0.1) is 10.7 Å². The average molecular weight is 281 g/mol. The van der Waals surface area contributed by atoms with Crippen LogP contribution in [0.3, 0.4) is 0 Å². The number of amides is 1. The van der Waals surface area contributed by atoms with Gasteiger partial charge in [0.2, 0.25) is 0 Å². The van der Waals surface area contributed by atoms with Crippen LogP contribution in [0, 0.1) is 13.8 Å². The molecule has 0 atom stereocenters. The predicted molar refractivity (Wildman–Crippen MR) is 78.8 cm³/mol. The van der Waals surface area contributed by atoms with Gasteiger partial charge in [-0.3, -0.25) is 4.79 Å². The van der Waals surface area contributed by atoms with Gasteiger partial charge in [-0.2, -0.15) is 0 Å². The molecule has 0 radical (unpaired) electrons. The fourth-order valence-electron chi connectivity index (χ4n) is 2.81. The van der Waals surface area contributed by atoms with Crippen LogP contribution < -0.4 is 5.32 Å². The first-order valence-electron chi connectivity index (χ1n) is 6.91. The van der Waals surface area contributed by atoms with Gasteiger partial charge >= 0.3 is 0 Å². The summed E-state index contributed by atoms with van der Waals surface area (Å²) in [6, 6.07) is 0.992. The highest BCUT2D eigenvalue weighted by atomic mass is 32.1. The second kappa shape index (κ2) is 6.01. The van der Waals surface area contributed by atoms with E-state index in [-0.39, 0.29) is 5.91 Å². The van der Waals surface area contributed by atoms with Gasteiger partial charge < -0.3 is 10.2 Å². The Bertz CT molecular complexity index is 450. The quantitative estimate of drug-likeness (QED) is 0.925. The summed E-state index contributed by atoms with van der Waals surface area (Å²) >= 11 is 1.51. The van der Waals surface area contributed by atoms with Gasteiger partial charge in [-0.1, -0.05) is 0 Å². The van der Waals surface area contributed by atoms with Crippen LogP contribution in [-0.4, -0.2) is 42.0 Å². The molecule has 5 heteroatoms. The number of carbonyl (C=O) groups is 1. The molecule has 1 heterocycles. The highest BCUT2D eigenvalue weighted by molar-refractivity contribution is 7.13. The lowest BCUT2D eigenvalue weighted by atomic mass is 9.90. The standard InChI is InChI=1S/C14H23N3OS/c1-9-13(19-10(2)16-9)14(18)17(4)12-7-5-11(15-3)6-8-12/h11-12,15H,5-8H2,1-4H3. The summed E-state index contributed by atoms with van der Waals surface area (Å²) in [5.41, 5.74) is 0.864. The number of thiazole rings is 1. The van der Waals surface area contributed by atoms with Crippen molar-refractivity contribution < 1.29 is 4.79 Å². The molecule has 1 aliphatic carbocycles. The number of hydrogen-bond donors (Lipinski definition) is 1. The number of nitrogens with one attached hydrogen (secondary N) is 1. The van der Waals surface area contributed by atoms with E-state index in [2.05, 4.69) is 10.3 Å². The molecule has 1 saturated carbocycles. The molecule has 1 aromatic rings. The van der Waals surface area contributed by atoms with E-state index in [0.29, 0.717) is 12.1 Å². The second-order valence-electron chi connectivity index (χ2n) is 5.36. The van der Waals surface area contributed by atoms with Crippen molar-refractivity contribution in [1.82, 2.24) is 15.2 Å². The predicted octanol–water partition coefficient (Wildman–Crippen LogP) is 2.36. The topological polar surface area (TPSA) is 45.2 Å². The number of nitrogens with zero attached hydrogens (tertiary/aromatic N) is 2. The van der Waals surface area contributed by atoms with Gasteiger partial charge in [-0.05, 0) is 46.6 Å². The molecule has 1 aliphatic rings. The molecule has 1 fully saturated rings. The van der Waals surface area contributed by atoms with Crippen molar-refractivity contribution in [2.45, 2.75) is 51.6 Å². The smallest absolute Gasteiger partial charge is 0.265 e. The van der Waals surface area contributed by atoms with Crippen LogP contribution >= 0.6 is 11.3 Å². The normalized spacial score (nSPS) is 23.4. The summed E-state index contributed by atoms with van der Waals surface area (Å²) in [6.07, 6.45) is 4.48. The number of carbonyl (C=O) groups excluding carboxylic acids is 1. The maximum Gasteiger partial charge on any atom is 0.265 e. The van der Waals surface area contributed by atoms with Crippen molar-refractivity contribution >= 4 is 17.2 Å². The lowest BCUT2D eigenvalue weighted by molar-refractivity contribution is 0.0689. The van der Waals surface area contributed by atoms with Crippen LogP contribution in [0.4, 0.5) is 0 Å². The maximum atomic E-state index is 12.5. The number of rotatable bonds is 3. The molecule has 0 aromatic carbocycles. The Morgan fingerprint density at radius 2 is 1.95 bits per heavy atom. The zero-order valence-corrected chi connectivity index (χ0v) is 13.0. The van der Waals surface area contributed by atoms with Crippen LogP contribution in [-0.2, 0) is 0 Å². The fraction of sp³-hybridized carbons (Fsp3) is 0.714. The monoisotopic (exact) mass is 281 g/mol. The molecular formula is C14H23N3OS. The van der Waals surface area contributed by atoms with Gasteiger partial charge in [-0.25, -0.2) is 4.98 Å². The Morgan fingerprint density at radius 1 is 1.32 bits per heavy atom. The minimum atomic E-state index is 0.135. The SMILES string of the molecule is CNC1CCC(N(C)C(=O)c2sc(C)nc2C)CC1. The number of aromatic nitrogens is 1. The van der Waals surface area contributed by atoms with Crippen molar-refractivity contribution in [3.05, 3.63) is 15.6 Å². The van der Waals surface area contributed by atoms with Gasteiger partial charge in [0.15, 0.2) is 0 Å². The lowest BCUT2D eigenvalue weighted by Gasteiger charge is -2.34. The molecule has 2 rings (SSSR count). The Labute approximate surface area is 119 Å². The summed E-state index contributed by atoms with van der Waals surface area (Å²) in [7, 11) is 3.95. The third kappa shape index (κ3) is 3.15. The highest BCUT2D eigenvalue weighted by Gasteiger charge is 2.28. The zero-order valence-electron chi connectivity index (χ0n) is 12.2. The van der Waals surface area contributed by atoms with E-state index >= 15 is 0 Å². The molecular weight excluding hydrogens is 258 g/mol. The third-order valence-electron chi connectivity index (χ3n) is 4.07. The first kappa shape index (κ1) is 14.5. The fourth-order valence-corrected chi connectivity index (χ4v) is 3.71. The third-order valence-corrected chi connectivity index (χ3v) is 5.13. The minimum absolute atomic E-state index is 0.135. The van der Waals surface area contributed by atoms with E-state index < -0.39 is 0 Å². The molecule has 106 valence electrons. The van der Waals surface area contributed by atoms with Crippen LogP contribution in [0.15, 0.2) is 0 Å². The van der Waals surface area contributed by atoms with E-state index in [9.17, 15) is 4.79 Å². The molecule has 0 unspecified atom stereocenters. The Morgan fingerprint density at radius 3 is 2.42 bits per heavy atom. The molecule has 19 heavy (non-hydrogen) atoms. The van der Waals surface area contributed by atoms with E-state index in [1.807, 2.05) is 32.8 Å². The van der Waals surface area contributed by atoms with E-state index in [1.165, 1.54) is 11.3 Å². The molecule has 4 nitrogen and oxygen atoms in total. The van der Waals surface area contributed by atoms with E-state index in [1.54, 1.807) is 0 Å². The number of aryl methyl sites for hydroxylation is 2. The van der Waals surface area contributed by atoms with Gasteiger partial charge in [0.25, 0.3) is 5.91 Å². The van der Waals surface area contributed by atoms with Crippen molar-refractivity contribution in [2.75, 3.05) is 14.1 Å². The van der Waals surface area contributed by atoms with Crippen LogP contribution in [0.5, 0.6) is 0 Å². The molecule has 0 saturated heterocycles. The van der Waals surface area contributed by atoms with Crippen molar-refractivity contribution in [1.29, 1.82) is 0 Å². The van der Waals surface area contributed by atoms with Crippen LogP contribution in [0.1, 0.15) is 46.1 Å². The molecule has 1 N–H and O–H groups in total. The van der Waals surface area contributed by atoms with Gasteiger partial charge in [-0.15, -0.1) is 11.3 Å². The molecule has 0 aliphatic heterocycles. The summed E-state index contributed by atoms with van der Waals surface area (Å²) in [5.74, 6) is 0.135. The summed E-state index contributed by atoms with van der Waals surface area (Å²) in [6.45, 7) is 3.87. The molecule has 1 aromatic heterocycles. The van der Waals surface area contributed by atoms with Crippen molar-refractivity contribution in [3.63, 3.8) is 0 Å². The molecule has 0 spiro atoms. The van der Waals surface area contributed by atoms with Crippen LogP contribution in [0.2, 0.25) is 0 Å². The van der Waals surface area contributed by atoms with Gasteiger partial charge in [0.1, 0.15) is 4.88 Å². The lowest BCUT2D eigenvalue weighted by Crippen LogP contribution is -2.42. The summed E-state index contributed by atoms with van der Waals surface area (Å²) in [5, 5.41) is 4.29. The van der Waals surface area contributed by atoms with E-state index in [0.717, 1.165) is 41.3 Å². The Balaban J connectivity index is 2.02. The minimum Gasteiger partial charge on any atom is -0.338 e. The highest BCUT2D eigenvalue weighted by Crippen LogP contribution is 2.25.